The topological polar surface area (TPSA) is 26.7 Å². The molecule has 32 heavy (non-hydrogen) atoms. The molecule has 9 heteroatoms. The van der Waals surface area contributed by atoms with Gasteiger partial charge in [0.2, 0.25) is 0 Å². The highest BCUT2D eigenvalue weighted by molar-refractivity contribution is 5.52. The van der Waals surface area contributed by atoms with Crippen LogP contribution in [0.2, 0.25) is 0 Å². The van der Waals surface area contributed by atoms with Gasteiger partial charge in [-0.3, -0.25) is 4.90 Å². The average molecular weight is 456 g/mol. The molecule has 1 heterocycles. The Balaban J connectivity index is 1.82. The van der Waals surface area contributed by atoms with Gasteiger partial charge in [0.25, 0.3) is 5.60 Å². The van der Waals surface area contributed by atoms with Gasteiger partial charge in [0.05, 0.1) is 0 Å². The molecule has 1 N–H and O–H groups in total. The number of benzene rings is 2. The van der Waals surface area contributed by atoms with E-state index in [-0.39, 0.29) is 6.04 Å². The number of hydrogen-bond acceptors (Lipinski definition) is 3. The molecule has 1 aliphatic rings. The van der Waals surface area contributed by atoms with Gasteiger partial charge in [0.1, 0.15) is 6.04 Å². The Bertz CT molecular complexity index is 946. The number of hydrogen-bond donors (Lipinski definition) is 1. The third kappa shape index (κ3) is 4.71. The zero-order valence-electron chi connectivity index (χ0n) is 17.2. The highest BCUT2D eigenvalue weighted by Crippen LogP contribution is 2.50. The van der Waals surface area contributed by atoms with Crippen molar-refractivity contribution in [3.63, 3.8) is 0 Å². The maximum absolute atomic E-state index is 13.1. The number of aliphatic hydroxyl groups is 1. The number of alkyl halides is 6. The molecule has 0 unspecified atom stereocenters. The summed E-state index contributed by atoms with van der Waals surface area (Å²) in [7, 11) is 0. The minimum atomic E-state index is -5.91. The quantitative estimate of drug-likeness (QED) is 0.533. The number of rotatable bonds is 4. The van der Waals surface area contributed by atoms with Crippen LogP contribution >= 0.6 is 0 Å². The first kappa shape index (κ1) is 24.0. The van der Waals surface area contributed by atoms with E-state index in [2.05, 4.69) is 16.7 Å². The Labute approximate surface area is 182 Å². The van der Waals surface area contributed by atoms with Gasteiger partial charge in [-0.15, -0.1) is 5.92 Å². The van der Waals surface area contributed by atoms with Crippen LogP contribution in [0.4, 0.5) is 32.0 Å². The van der Waals surface area contributed by atoms with Crippen LogP contribution in [-0.4, -0.2) is 48.0 Å². The summed E-state index contributed by atoms with van der Waals surface area (Å²) in [5.74, 6) is 5.91. The van der Waals surface area contributed by atoms with Gasteiger partial charge in [-0.25, -0.2) is 0 Å². The van der Waals surface area contributed by atoms with Crippen LogP contribution in [0.1, 0.15) is 18.1 Å². The van der Waals surface area contributed by atoms with Crippen molar-refractivity contribution < 1.29 is 31.4 Å². The third-order valence-electron chi connectivity index (χ3n) is 5.46. The maximum Gasteiger partial charge on any atom is 0.430 e. The van der Waals surface area contributed by atoms with E-state index in [0.717, 1.165) is 17.7 Å². The molecule has 172 valence electrons. The lowest BCUT2D eigenvalue weighted by molar-refractivity contribution is -0.376. The molecule has 3 nitrogen and oxygen atoms in total. The largest absolute Gasteiger partial charge is 0.430 e. The molecule has 0 radical (unpaired) electrons. The molecule has 2 aromatic rings. The lowest BCUT2D eigenvalue weighted by atomic mass is 9.92. The van der Waals surface area contributed by atoms with Crippen LogP contribution in [-0.2, 0) is 12.1 Å². The van der Waals surface area contributed by atoms with Crippen LogP contribution in [0, 0.1) is 11.8 Å². The predicted molar refractivity (Wildman–Crippen MR) is 109 cm³/mol. The average Bonchev–Trinajstić information content (AvgIpc) is 2.73. The van der Waals surface area contributed by atoms with Crippen LogP contribution in [0.25, 0.3) is 0 Å². The Morgan fingerprint density at radius 2 is 1.50 bits per heavy atom. The van der Waals surface area contributed by atoms with E-state index in [9.17, 15) is 31.4 Å². The number of piperazine rings is 1. The van der Waals surface area contributed by atoms with E-state index >= 15 is 0 Å². The standard InChI is InChI=1S/C23H22F6N2O/c1-2-6-20-16-30(15-17-7-4-3-5-8-17)13-14-31(20)19-11-9-18(10-12-19)21(32,22(24,25)26)23(27,28)29/h3-5,7-12,20,32H,13-16H2,1H3/t20-/m0/s1. The van der Waals surface area contributed by atoms with Crippen molar-refractivity contribution in [2.75, 3.05) is 24.5 Å². The lowest BCUT2D eigenvalue weighted by Gasteiger charge is -2.41. The van der Waals surface area contributed by atoms with Gasteiger partial charge in [-0.1, -0.05) is 48.4 Å². The summed E-state index contributed by atoms with van der Waals surface area (Å²) in [5.41, 5.74) is -4.64. The molecule has 0 aromatic heterocycles. The van der Waals surface area contributed by atoms with E-state index in [4.69, 9.17) is 0 Å². The first-order chi connectivity index (χ1) is 15.0. The summed E-state index contributed by atoms with van der Waals surface area (Å²) < 4.78 is 78.7. The molecule has 1 saturated heterocycles. The molecular weight excluding hydrogens is 434 g/mol. The van der Waals surface area contributed by atoms with Crippen molar-refractivity contribution in [2.24, 2.45) is 0 Å². The Morgan fingerprint density at radius 3 is 2.03 bits per heavy atom. The maximum atomic E-state index is 13.1. The second-order valence-electron chi connectivity index (χ2n) is 7.58. The van der Waals surface area contributed by atoms with Gasteiger partial charge in [-0.2, -0.15) is 26.3 Å². The second-order valence-corrected chi connectivity index (χ2v) is 7.58. The normalized spacial score (nSPS) is 18.2. The highest BCUT2D eigenvalue weighted by Gasteiger charge is 2.71. The van der Waals surface area contributed by atoms with Gasteiger partial charge in [0.15, 0.2) is 0 Å². The molecule has 1 fully saturated rings. The van der Waals surface area contributed by atoms with Crippen LogP contribution in [0.5, 0.6) is 0 Å². The zero-order valence-corrected chi connectivity index (χ0v) is 17.2. The van der Waals surface area contributed by atoms with E-state index in [1.807, 2.05) is 35.2 Å². The smallest absolute Gasteiger partial charge is 0.369 e. The zero-order chi connectivity index (χ0) is 23.6. The lowest BCUT2D eigenvalue weighted by Crippen LogP contribution is -2.54. The number of anilines is 1. The Hall–Kier alpha value is -2.70. The van der Waals surface area contributed by atoms with Crippen molar-refractivity contribution in [2.45, 2.75) is 37.5 Å². The molecule has 2 aromatic carbocycles. The third-order valence-corrected chi connectivity index (χ3v) is 5.46. The molecule has 3 rings (SSSR count). The summed E-state index contributed by atoms with van der Waals surface area (Å²) in [6.07, 6.45) is -11.8. The van der Waals surface area contributed by atoms with Crippen molar-refractivity contribution in [1.29, 1.82) is 0 Å². The number of halogens is 6. The van der Waals surface area contributed by atoms with Crippen LogP contribution in [0.3, 0.4) is 0 Å². The molecule has 1 atom stereocenters. The summed E-state index contributed by atoms with van der Waals surface area (Å²) in [4.78, 5) is 4.04. The molecule has 1 aliphatic heterocycles. The van der Waals surface area contributed by atoms with E-state index in [1.54, 1.807) is 6.92 Å². The van der Waals surface area contributed by atoms with Crippen molar-refractivity contribution >= 4 is 5.69 Å². The second kappa shape index (κ2) is 9.04. The summed E-state index contributed by atoms with van der Waals surface area (Å²) in [5, 5.41) is 9.58. The summed E-state index contributed by atoms with van der Waals surface area (Å²) >= 11 is 0. The fourth-order valence-electron chi connectivity index (χ4n) is 3.81. The predicted octanol–water partition coefficient (Wildman–Crippen LogP) is 4.71. The van der Waals surface area contributed by atoms with E-state index in [0.29, 0.717) is 44.0 Å². The van der Waals surface area contributed by atoms with E-state index < -0.39 is 23.5 Å². The molecule has 0 aliphatic carbocycles. The molecule has 0 spiro atoms. The van der Waals surface area contributed by atoms with Gasteiger partial charge >= 0.3 is 12.4 Å². The molecule has 0 bridgehead atoms. The highest BCUT2D eigenvalue weighted by atomic mass is 19.4. The molecule has 0 saturated carbocycles. The van der Waals surface area contributed by atoms with E-state index in [1.165, 1.54) is 0 Å². The Kier molecular flexibility index (Phi) is 6.77. The van der Waals surface area contributed by atoms with Gasteiger partial charge < -0.3 is 10.0 Å². The van der Waals surface area contributed by atoms with Gasteiger partial charge in [0, 0.05) is 37.4 Å². The minimum absolute atomic E-state index is 0.285. The monoisotopic (exact) mass is 456 g/mol. The SMILES string of the molecule is CC#C[C@H]1CN(Cc2ccccc2)CCN1c1ccc(C(O)(C(F)(F)F)C(F)(F)F)cc1. The van der Waals surface area contributed by atoms with Gasteiger partial charge in [-0.05, 0) is 24.6 Å². The van der Waals surface area contributed by atoms with Crippen LogP contribution < -0.4 is 4.90 Å². The van der Waals surface area contributed by atoms with Crippen LogP contribution in [0.15, 0.2) is 54.6 Å². The van der Waals surface area contributed by atoms with Crippen molar-refractivity contribution in [3.8, 4) is 11.8 Å². The molecule has 0 amide bonds. The first-order valence-corrected chi connectivity index (χ1v) is 9.89. The fourth-order valence-corrected chi connectivity index (χ4v) is 3.81. The minimum Gasteiger partial charge on any atom is -0.369 e. The molecular formula is C23H22F6N2O. The first-order valence-electron chi connectivity index (χ1n) is 9.89. The summed E-state index contributed by atoms with van der Waals surface area (Å²) in [6, 6.07) is 13.2. The fraction of sp³-hybridized carbons (Fsp3) is 0.391. The number of nitrogens with zero attached hydrogens (tertiary/aromatic N) is 2. The van der Waals surface area contributed by atoms with Crippen molar-refractivity contribution in [3.05, 3.63) is 65.7 Å². The summed E-state index contributed by atoms with van der Waals surface area (Å²) in [6.45, 7) is 4.08. The Morgan fingerprint density at radius 1 is 0.906 bits per heavy atom. The van der Waals surface area contributed by atoms with Crippen molar-refractivity contribution in [1.82, 2.24) is 4.90 Å².